The van der Waals surface area contributed by atoms with E-state index in [2.05, 4.69) is 26.6 Å². The molecule has 2 heterocycles. The third kappa shape index (κ3) is 7.96. The first kappa shape index (κ1) is 22.2. The largest absolute Gasteiger partial charge is 0.468 e. The van der Waals surface area contributed by atoms with Crippen molar-refractivity contribution in [3.05, 3.63) is 24.2 Å². The summed E-state index contributed by atoms with van der Waals surface area (Å²) in [5.41, 5.74) is 0. The van der Waals surface area contributed by atoms with Crippen LogP contribution in [0, 0.1) is 0 Å². The van der Waals surface area contributed by atoms with Crippen molar-refractivity contribution in [2.45, 2.75) is 38.6 Å². The molecule has 0 aliphatic carbocycles. The summed E-state index contributed by atoms with van der Waals surface area (Å²) in [5, 5.41) is 6.81. The van der Waals surface area contributed by atoms with Gasteiger partial charge in [0, 0.05) is 33.4 Å². The first-order valence-electron chi connectivity index (χ1n) is 9.15. The molecule has 0 saturated carbocycles. The molecule has 2 rings (SSSR count). The Hall–Kier alpha value is -0.800. The molecule has 25 heavy (non-hydrogen) atoms. The number of halogens is 1. The molecule has 1 atom stereocenters. The van der Waals surface area contributed by atoms with Crippen LogP contribution in [0.5, 0.6) is 0 Å². The van der Waals surface area contributed by atoms with Crippen LogP contribution in [0.1, 0.15) is 44.4 Å². The summed E-state index contributed by atoms with van der Waals surface area (Å²) in [6, 6.07) is 4.29. The summed E-state index contributed by atoms with van der Waals surface area (Å²) in [4.78, 5) is 6.80. The van der Waals surface area contributed by atoms with E-state index in [-0.39, 0.29) is 30.0 Å². The lowest BCUT2D eigenvalue weighted by Gasteiger charge is -2.26. The van der Waals surface area contributed by atoms with Crippen LogP contribution in [0.25, 0.3) is 0 Å². The lowest BCUT2D eigenvalue weighted by atomic mass is 10.2. The van der Waals surface area contributed by atoms with Crippen LogP contribution in [0.4, 0.5) is 0 Å². The quantitative estimate of drug-likeness (QED) is 0.241. The third-order valence-electron chi connectivity index (χ3n) is 4.35. The van der Waals surface area contributed by atoms with Gasteiger partial charge in [-0.2, -0.15) is 0 Å². The van der Waals surface area contributed by atoms with Gasteiger partial charge in [0.1, 0.15) is 5.76 Å². The van der Waals surface area contributed by atoms with E-state index in [9.17, 15) is 0 Å². The second-order valence-electron chi connectivity index (χ2n) is 6.06. The van der Waals surface area contributed by atoms with Gasteiger partial charge < -0.3 is 19.8 Å². The number of likely N-dealkylation sites (tertiary alicyclic amines) is 1. The Balaban J connectivity index is 0.00000312. The minimum absolute atomic E-state index is 0. The number of furan rings is 1. The highest BCUT2D eigenvalue weighted by Gasteiger charge is 2.25. The number of nitrogens with zero attached hydrogens (tertiary/aromatic N) is 2. The zero-order valence-electron chi connectivity index (χ0n) is 15.5. The van der Waals surface area contributed by atoms with Crippen molar-refractivity contribution in [1.29, 1.82) is 0 Å². The average Bonchev–Trinajstić information content (AvgIpc) is 3.30. The topological polar surface area (TPSA) is 62.0 Å². The average molecular weight is 464 g/mol. The van der Waals surface area contributed by atoms with E-state index < -0.39 is 0 Å². The van der Waals surface area contributed by atoms with E-state index in [1.54, 1.807) is 6.26 Å². The predicted octanol–water partition coefficient (Wildman–Crippen LogP) is 3.02. The minimum atomic E-state index is 0. The van der Waals surface area contributed by atoms with Crippen LogP contribution < -0.4 is 10.6 Å². The molecule has 0 bridgehead atoms. The predicted molar refractivity (Wildman–Crippen MR) is 113 cm³/mol. The Morgan fingerprint density at radius 2 is 2.12 bits per heavy atom. The van der Waals surface area contributed by atoms with Crippen LogP contribution in [0.2, 0.25) is 0 Å². The standard InChI is InChI=1S/C18H32N4O2.HI/c1-3-23-13-7-4-10-20-18(19-2)21-15-16(17-9-8-14-24-17)22-11-5-6-12-22;/h8-9,14,16H,3-7,10-13,15H2,1-2H3,(H2,19,20,21);1H. The first-order valence-corrected chi connectivity index (χ1v) is 9.15. The van der Waals surface area contributed by atoms with Crippen molar-refractivity contribution in [1.82, 2.24) is 15.5 Å². The highest BCUT2D eigenvalue weighted by Crippen LogP contribution is 2.24. The van der Waals surface area contributed by atoms with E-state index >= 15 is 0 Å². The van der Waals surface area contributed by atoms with Gasteiger partial charge >= 0.3 is 0 Å². The van der Waals surface area contributed by atoms with Gasteiger partial charge in [-0.25, -0.2) is 0 Å². The number of hydrogen-bond acceptors (Lipinski definition) is 4. The van der Waals surface area contributed by atoms with Crippen molar-refractivity contribution >= 4 is 29.9 Å². The number of hydrogen-bond donors (Lipinski definition) is 2. The van der Waals surface area contributed by atoms with Crippen LogP contribution in [0.15, 0.2) is 27.8 Å². The fraction of sp³-hybridized carbons (Fsp3) is 0.722. The molecule has 1 aliphatic rings. The van der Waals surface area contributed by atoms with E-state index in [0.29, 0.717) is 0 Å². The molecule has 2 N–H and O–H groups in total. The molecule has 1 unspecified atom stereocenters. The fourth-order valence-corrected chi connectivity index (χ4v) is 3.04. The molecule has 7 heteroatoms. The van der Waals surface area contributed by atoms with Gasteiger partial charge in [-0.1, -0.05) is 0 Å². The second kappa shape index (κ2) is 13.4. The van der Waals surface area contributed by atoms with Crippen molar-refractivity contribution in [2.75, 3.05) is 46.4 Å². The number of rotatable bonds is 10. The Bertz CT molecular complexity index is 462. The molecule has 0 aromatic carbocycles. The van der Waals surface area contributed by atoms with Gasteiger partial charge in [0.2, 0.25) is 0 Å². The molecule has 1 fully saturated rings. The van der Waals surface area contributed by atoms with Gasteiger partial charge in [0.15, 0.2) is 5.96 Å². The van der Waals surface area contributed by atoms with E-state index in [1.165, 1.54) is 12.8 Å². The lowest BCUT2D eigenvalue weighted by molar-refractivity contribution is 0.143. The van der Waals surface area contributed by atoms with Crippen LogP contribution in [0.3, 0.4) is 0 Å². The lowest BCUT2D eigenvalue weighted by Crippen LogP contribution is -2.42. The summed E-state index contributed by atoms with van der Waals surface area (Å²) in [7, 11) is 1.81. The van der Waals surface area contributed by atoms with Gasteiger partial charge in [-0.15, -0.1) is 24.0 Å². The summed E-state index contributed by atoms with van der Waals surface area (Å²) in [6.45, 7) is 7.63. The van der Waals surface area contributed by atoms with Crippen molar-refractivity contribution in [3.63, 3.8) is 0 Å². The van der Waals surface area contributed by atoms with Crippen molar-refractivity contribution in [2.24, 2.45) is 4.99 Å². The number of ether oxygens (including phenoxy) is 1. The second-order valence-corrected chi connectivity index (χ2v) is 6.06. The van der Waals surface area contributed by atoms with Crippen LogP contribution >= 0.6 is 24.0 Å². The zero-order valence-corrected chi connectivity index (χ0v) is 17.8. The van der Waals surface area contributed by atoms with Crippen molar-refractivity contribution in [3.8, 4) is 0 Å². The molecular formula is C18H33IN4O2. The Labute approximate surface area is 168 Å². The van der Waals surface area contributed by atoms with Crippen LogP contribution in [-0.2, 0) is 4.74 Å². The molecule has 0 radical (unpaired) electrons. The molecule has 1 aliphatic heterocycles. The monoisotopic (exact) mass is 464 g/mol. The molecule has 1 aromatic heterocycles. The normalized spacial score (nSPS) is 16.5. The number of nitrogens with one attached hydrogen (secondary N) is 2. The zero-order chi connectivity index (χ0) is 17.0. The summed E-state index contributed by atoms with van der Waals surface area (Å²) in [5.74, 6) is 1.87. The Morgan fingerprint density at radius 1 is 1.32 bits per heavy atom. The van der Waals surface area contributed by atoms with Crippen molar-refractivity contribution < 1.29 is 9.15 Å². The van der Waals surface area contributed by atoms with Gasteiger partial charge in [0.25, 0.3) is 0 Å². The molecule has 1 aromatic rings. The summed E-state index contributed by atoms with van der Waals surface area (Å²) < 4.78 is 11.0. The van der Waals surface area contributed by atoms with E-state index in [4.69, 9.17) is 9.15 Å². The molecule has 6 nitrogen and oxygen atoms in total. The SMILES string of the molecule is CCOCCCCNC(=NC)NCC(c1ccco1)N1CCCC1.I. The summed E-state index contributed by atoms with van der Waals surface area (Å²) >= 11 is 0. The maximum atomic E-state index is 5.65. The molecule has 1 saturated heterocycles. The van der Waals surface area contributed by atoms with Gasteiger partial charge in [-0.3, -0.25) is 9.89 Å². The summed E-state index contributed by atoms with van der Waals surface area (Å²) in [6.07, 6.45) is 6.44. The Morgan fingerprint density at radius 3 is 2.76 bits per heavy atom. The number of aliphatic imine (C=N–C) groups is 1. The molecular weight excluding hydrogens is 431 g/mol. The van der Waals surface area contributed by atoms with E-state index in [1.807, 2.05) is 20.0 Å². The highest BCUT2D eigenvalue weighted by atomic mass is 127. The smallest absolute Gasteiger partial charge is 0.191 e. The molecule has 0 spiro atoms. The molecule has 0 amide bonds. The first-order chi connectivity index (χ1) is 11.8. The number of guanidine groups is 1. The highest BCUT2D eigenvalue weighted by molar-refractivity contribution is 14.0. The van der Waals surface area contributed by atoms with Crippen LogP contribution in [-0.4, -0.2) is 57.3 Å². The third-order valence-corrected chi connectivity index (χ3v) is 4.35. The van der Waals surface area contributed by atoms with Gasteiger partial charge in [0.05, 0.1) is 12.3 Å². The van der Waals surface area contributed by atoms with E-state index in [0.717, 1.165) is 64.0 Å². The maximum Gasteiger partial charge on any atom is 0.191 e. The fourth-order valence-electron chi connectivity index (χ4n) is 3.04. The van der Waals surface area contributed by atoms with Gasteiger partial charge in [-0.05, 0) is 57.8 Å². The molecule has 144 valence electrons. The Kier molecular flexibility index (Phi) is 11.9. The number of unbranched alkanes of at least 4 members (excludes halogenated alkanes) is 1. The maximum absolute atomic E-state index is 5.65. The minimum Gasteiger partial charge on any atom is -0.468 e.